The molecule has 4 rings (SSSR count). The van der Waals surface area contributed by atoms with Gasteiger partial charge in [-0.1, -0.05) is 24.3 Å². The number of anilines is 1. The normalized spacial score (nSPS) is 11.4. The van der Waals surface area contributed by atoms with Crippen LogP contribution in [0.2, 0.25) is 0 Å². The fraction of sp³-hybridized carbons (Fsp3) is 0.0870. The number of carbonyl (C=O) groups is 1. The summed E-state index contributed by atoms with van der Waals surface area (Å²) in [5.74, 6) is -2.77. The van der Waals surface area contributed by atoms with Gasteiger partial charge >= 0.3 is 0 Å². The van der Waals surface area contributed by atoms with E-state index in [0.717, 1.165) is 28.6 Å². The standard InChI is InChI=1S/C23H19F2N3O3S/c24-20-9-8-18(13-21(20)25)32(30,31)28-17-5-3-4-15(12-17)23(29)26-11-10-16-14-27-22-7-2-1-6-19(16)22/h1-9,12-14,27-28H,10-11H2,(H,26,29). The molecule has 0 aliphatic heterocycles. The average Bonchev–Trinajstić information content (AvgIpc) is 3.18. The van der Waals surface area contributed by atoms with Crippen LogP contribution in [0.4, 0.5) is 14.5 Å². The van der Waals surface area contributed by atoms with E-state index >= 15 is 0 Å². The maximum Gasteiger partial charge on any atom is 0.261 e. The number of fused-ring (bicyclic) bond motifs is 1. The number of H-pyrrole nitrogens is 1. The summed E-state index contributed by atoms with van der Waals surface area (Å²) in [6, 6.07) is 16.1. The van der Waals surface area contributed by atoms with Crippen molar-refractivity contribution < 1.29 is 22.0 Å². The van der Waals surface area contributed by atoms with E-state index in [2.05, 4.69) is 15.0 Å². The molecular weight excluding hydrogens is 436 g/mol. The molecule has 164 valence electrons. The molecule has 1 heterocycles. The lowest BCUT2D eigenvalue weighted by atomic mass is 10.1. The maximum atomic E-state index is 13.4. The third kappa shape index (κ3) is 4.62. The summed E-state index contributed by atoms with van der Waals surface area (Å²) in [6.07, 6.45) is 2.53. The van der Waals surface area contributed by atoms with E-state index in [1.165, 1.54) is 18.2 Å². The number of amides is 1. The first-order valence-electron chi connectivity index (χ1n) is 9.74. The van der Waals surface area contributed by atoms with Gasteiger partial charge in [0.2, 0.25) is 0 Å². The molecule has 0 spiro atoms. The van der Waals surface area contributed by atoms with E-state index in [1.807, 2.05) is 30.5 Å². The van der Waals surface area contributed by atoms with Gasteiger partial charge in [-0.2, -0.15) is 0 Å². The van der Waals surface area contributed by atoms with Crippen LogP contribution in [0.1, 0.15) is 15.9 Å². The van der Waals surface area contributed by atoms with Crippen molar-refractivity contribution in [2.75, 3.05) is 11.3 Å². The predicted octanol–water partition coefficient (Wildman–Crippen LogP) is 4.22. The molecule has 0 unspecified atom stereocenters. The first-order valence-corrected chi connectivity index (χ1v) is 11.2. The van der Waals surface area contributed by atoms with Crippen molar-refractivity contribution in [1.29, 1.82) is 0 Å². The van der Waals surface area contributed by atoms with Crippen molar-refractivity contribution in [3.05, 3.63) is 95.7 Å². The lowest BCUT2D eigenvalue weighted by molar-refractivity contribution is 0.0954. The van der Waals surface area contributed by atoms with Crippen molar-refractivity contribution in [2.45, 2.75) is 11.3 Å². The van der Waals surface area contributed by atoms with E-state index in [-0.39, 0.29) is 17.2 Å². The van der Waals surface area contributed by atoms with Crippen LogP contribution in [0.3, 0.4) is 0 Å². The minimum absolute atomic E-state index is 0.124. The Kier molecular flexibility index (Phi) is 5.91. The second kappa shape index (κ2) is 8.80. The number of para-hydroxylation sites is 1. The highest BCUT2D eigenvalue weighted by Gasteiger charge is 2.17. The Bertz CT molecular complexity index is 1400. The smallest absolute Gasteiger partial charge is 0.261 e. The van der Waals surface area contributed by atoms with Crippen LogP contribution in [-0.4, -0.2) is 25.9 Å². The number of nitrogens with one attached hydrogen (secondary N) is 3. The molecule has 0 atom stereocenters. The summed E-state index contributed by atoms with van der Waals surface area (Å²) in [7, 11) is -4.15. The topological polar surface area (TPSA) is 91.1 Å². The van der Waals surface area contributed by atoms with Crippen LogP contribution in [0, 0.1) is 11.6 Å². The summed E-state index contributed by atoms with van der Waals surface area (Å²) in [6.45, 7) is 0.394. The van der Waals surface area contributed by atoms with E-state index in [9.17, 15) is 22.0 Å². The van der Waals surface area contributed by atoms with Crippen molar-refractivity contribution in [1.82, 2.24) is 10.3 Å². The highest BCUT2D eigenvalue weighted by molar-refractivity contribution is 7.92. The van der Waals surface area contributed by atoms with Gasteiger partial charge in [-0.15, -0.1) is 0 Å². The van der Waals surface area contributed by atoms with Gasteiger partial charge in [-0.25, -0.2) is 17.2 Å². The zero-order valence-corrected chi connectivity index (χ0v) is 17.5. The number of aromatic amines is 1. The zero-order valence-electron chi connectivity index (χ0n) is 16.7. The first-order chi connectivity index (χ1) is 15.3. The van der Waals surface area contributed by atoms with Crippen molar-refractivity contribution in [2.24, 2.45) is 0 Å². The Morgan fingerprint density at radius 1 is 0.938 bits per heavy atom. The summed E-state index contributed by atoms with van der Waals surface area (Å²) >= 11 is 0. The molecular formula is C23H19F2N3O3S. The largest absolute Gasteiger partial charge is 0.361 e. The van der Waals surface area contributed by atoms with Crippen LogP contribution in [0.5, 0.6) is 0 Å². The summed E-state index contributed by atoms with van der Waals surface area (Å²) < 4.78 is 53.7. The molecule has 0 radical (unpaired) electrons. The SMILES string of the molecule is O=C(NCCc1c[nH]c2ccccc12)c1cccc(NS(=O)(=O)c2ccc(F)c(F)c2)c1. The third-order valence-corrected chi connectivity index (χ3v) is 6.31. The van der Waals surface area contributed by atoms with Gasteiger partial charge in [0.05, 0.1) is 4.90 Å². The number of benzene rings is 3. The van der Waals surface area contributed by atoms with E-state index in [4.69, 9.17) is 0 Å². The molecule has 0 aliphatic rings. The number of sulfonamides is 1. The van der Waals surface area contributed by atoms with Crippen LogP contribution in [0.15, 0.2) is 77.8 Å². The molecule has 1 aromatic heterocycles. The molecule has 0 saturated carbocycles. The number of halogens is 2. The van der Waals surface area contributed by atoms with Gasteiger partial charge in [0.25, 0.3) is 15.9 Å². The molecule has 0 fully saturated rings. The van der Waals surface area contributed by atoms with Gasteiger partial charge in [-0.3, -0.25) is 9.52 Å². The highest BCUT2D eigenvalue weighted by atomic mass is 32.2. The number of hydrogen-bond donors (Lipinski definition) is 3. The average molecular weight is 455 g/mol. The minimum atomic E-state index is -4.15. The van der Waals surface area contributed by atoms with Crippen molar-refractivity contribution >= 4 is 32.5 Å². The summed E-state index contributed by atoms with van der Waals surface area (Å²) in [5.41, 5.74) is 2.48. The lowest BCUT2D eigenvalue weighted by Gasteiger charge is -2.10. The minimum Gasteiger partial charge on any atom is -0.361 e. The molecule has 4 aromatic rings. The number of aromatic nitrogens is 1. The number of rotatable bonds is 7. The van der Waals surface area contributed by atoms with Crippen molar-refractivity contribution in [3.8, 4) is 0 Å². The zero-order chi connectivity index (χ0) is 22.7. The Labute approximate surface area is 183 Å². The van der Waals surface area contributed by atoms with Crippen LogP contribution in [-0.2, 0) is 16.4 Å². The molecule has 6 nitrogen and oxygen atoms in total. The van der Waals surface area contributed by atoms with E-state index < -0.39 is 26.6 Å². The lowest BCUT2D eigenvalue weighted by Crippen LogP contribution is -2.25. The van der Waals surface area contributed by atoms with Gasteiger partial charge in [0.15, 0.2) is 11.6 Å². The summed E-state index contributed by atoms with van der Waals surface area (Å²) in [5, 5.41) is 3.91. The fourth-order valence-corrected chi connectivity index (χ4v) is 4.39. The van der Waals surface area contributed by atoms with Crippen LogP contribution >= 0.6 is 0 Å². The highest BCUT2D eigenvalue weighted by Crippen LogP contribution is 2.20. The molecule has 9 heteroatoms. The Morgan fingerprint density at radius 2 is 1.75 bits per heavy atom. The first kappa shape index (κ1) is 21.5. The van der Waals surface area contributed by atoms with Crippen molar-refractivity contribution in [3.63, 3.8) is 0 Å². The Morgan fingerprint density at radius 3 is 2.56 bits per heavy atom. The van der Waals surface area contributed by atoms with Crippen LogP contribution < -0.4 is 10.0 Å². The molecule has 3 aromatic carbocycles. The maximum absolute atomic E-state index is 13.4. The van der Waals surface area contributed by atoms with Gasteiger partial charge in [0, 0.05) is 34.9 Å². The molecule has 0 bridgehead atoms. The fourth-order valence-electron chi connectivity index (χ4n) is 3.33. The van der Waals surface area contributed by atoms with E-state index in [0.29, 0.717) is 19.0 Å². The second-order valence-electron chi connectivity index (χ2n) is 7.13. The monoisotopic (exact) mass is 455 g/mol. The molecule has 32 heavy (non-hydrogen) atoms. The van der Waals surface area contributed by atoms with Crippen LogP contribution in [0.25, 0.3) is 10.9 Å². The van der Waals surface area contributed by atoms with Gasteiger partial charge in [-0.05, 0) is 54.4 Å². The molecule has 1 amide bonds. The molecule has 3 N–H and O–H groups in total. The Hall–Kier alpha value is -3.72. The predicted molar refractivity (Wildman–Crippen MR) is 118 cm³/mol. The number of hydrogen-bond acceptors (Lipinski definition) is 3. The summed E-state index contributed by atoms with van der Waals surface area (Å²) in [4.78, 5) is 15.3. The second-order valence-corrected chi connectivity index (χ2v) is 8.81. The third-order valence-electron chi connectivity index (χ3n) is 4.93. The Balaban J connectivity index is 1.41. The van der Waals surface area contributed by atoms with E-state index in [1.54, 1.807) is 6.07 Å². The molecule has 0 aliphatic carbocycles. The number of carbonyl (C=O) groups excluding carboxylic acids is 1. The quantitative estimate of drug-likeness (QED) is 0.390. The molecule has 0 saturated heterocycles. The van der Waals surface area contributed by atoms with Gasteiger partial charge < -0.3 is 10.3 Å². The van der Waals surface area contributed by atoms with Gasteiger partial charge in [0.1, 0.15) is 0 Å².